The number of nitrogens with one attached hydrogen (secondary N) is 3. The summed E-state index contributed by atoms with van der Waals surface area (Å²) < 4.78 is 0. The molecule has 2 aromatic rings. The summed E-state index contributed by atoms with van der Waals surface area (Å²) in [6.07, 6.45) is 1.87. The van der Waals surface area contributed by atoms with Crippen LogP contribution in [0.4, 0.5) is 0 Å². The first kappa shape index (κ1) is 16.3. The van der Waals surface area contributed by atoms with Gasteiger partial charge in [0.1, 0.15) is 0 Å². The van der Waals surface area contributed by atoms with Gasteiger partial charge in [-0.15, -0.1) is 0 Å². The SMILES string of the molecule is Cc1[nH][nH]c(=O)c1CCC(=O)N/N=C\c1c(Cl)cccc1Cl. The van der Waals surface area contributed by atoms with Gasteiger partial charge in [0.15, 0.2) is 0 Å². The molecule has 3 N–H and O–H groups in total. The molecule has 1 amide bonds. The van der Waals surface area contributed by atoms with Crippen LogP contribution in [0, 0.1) is 6.92 Å². The zero-order valence-electron chi connectivity index (χ0n) is 11.7. The van der Waals surface area contributed by atoms with E-state index in [1.54, 1.807) is 25.1 Å². The summed E-state index contributed by atoms with van der Waals surface area (Å²) in [7, 11) is 0. The van der Waals surface area contributed by atoms with Gasteiger partial charge < -0.3 is 5.10 Å². The number of carbonyl (C=O) groups excluding carboxylic acids is 1. The molecule has 1 heterocycles. The van der Waals surface area contributed by atoms with Crippen LogP contribution in [0.5, 0.6) is 0 Å². The van der Waals surface area contributed by atoms with Gasteiger partial charge in [0, 0.05) is 23.2 Å². The number of hydrogen-bond donors (Lipinski definition) is 3. The number of aromatic amines is 2. The van der Waals surface area contributed by atoms with Gasteiger partial charge in [-0.3, -0.25) is 14.7 Å². The van der Waals surface area contributed by atoms with Crippen LogP contribution in [0.1, 0.15) is 23.2 Å². The average Bonchev–Trinajstić information content (AvgIpc) is 2.79. The van der Waals surface area contributed by atoms with Gasteiger partial charge >= 0.3 is 0 Å². The summed E-state index contributed by atoms with van der Waals surface area (Å²) >= 11 is 12.0. The Labute approximate surface area is 136 Å². The molecular formula is C14H14Cl2N4O2. The standard InChI is InChI=1S/C14H14Cl2N4O2/c1-8-9(14(22)20-18-8)5-6-13(21)19-17-7-10-11(15)3-2-4-12(10)16/h2-4,7H,5-6H2,1H3,(H,19,21)(H2,18,20,22)/b17-7-. The molecule has 0 aliphatic carbocycles. The maximum Gasteiger partial charge on any atom is 0.267 e. The highest BCUT2D eigenvalue weighted by Gasteiger charge is 2.08. The number of benzene rings is 1. The normalized spacial score (nSPS) is 11.0. The molecular weight excluding hydrogens is 327 g/mol. The topological polar surface area (TPSA) is 90.1 Å². The Kier molecular flexibility index (Phi) is 5.41. The number of carbonyl (C=O) groups is 1. The first-order valence-corrected chi connectivity index (χ1v) is 7.26. The van der Waals surface area contributed by atoms with E-state index in [-0.39, 0.29) is 17.9 Å². The van der Waals surface area contributed by atoms with E-state index in [0.717, 1.165) is 5.69 Å². The molecule has 2 rings (SSSR count). The van der Waals surface area contributed by atoms with Crippen molar-refractivity contribution in [3.05, 3.63) is 55.4 Å². The zero-order chi connectivity index (χ0) is 16.1. The maximum absolute atomic E-state index is 11.7. The van der Waals surface area contributed by atoms with Crippen LogP contribution in [0.25, 0.3) is 0 Å². The summed E-state index contributed by atoms with van der Waals surface area (Å²) in [4.78, 5) is 23.2. The number of amides is 1. The van der Waals surface area contributed by atoms with Crippen LogP contribution < -0.4 is 11.0 Å². The fraction of sp³-hybridized carbons (Fsp3) is 0.214. The summed E-state index contributed by atoms with van der Waals surface area (Å²) in [5.41, 5.74) is 3.99. The second-order valence-corrected chi connectivity index (χ2v) is 5.43. The third kappa shape index (κ3) is 3.99. The number of aryl methyl sites for hydroxylation is 1. The lowest BCUT2D eigenvalue weighted by atomic mass is 10.1. The fourth-order valence-corrected chi connectivity index (χ4v) is 2.37. The number of rotatable bonds is 5. The van der Waals surface area contributed by atoms with Crippen LogP contribution in [-0.4, -0.2) is 22.3 Å². The Bertz CT molecular complexity index is 744. The largest absolute Gasteiger partial charge is 0.302 e. The molecule has 0 spiro atoms. The molecule has 8 heteroatoms. The first-order valence-electron chi connectivity index (χ1n) is 6.51. The van der Waals surface area contributed by atoms with Gasteiger partial charge in [-0.1, -0.05) is 29.3 Å². The molecule has 22 heavy (non-hydrogen) atoms. The van der Waals surface area contributed by atoms with Crippen molar-refractivity contribution in [2.24, 2.45) is 5.10 Å². The van der Waals surface area contributed by atoms with E-state index in [1.807, 2.05) is 0 Å². The molecule has 0 aliphatic rings. The lowest BCUT2D eigenvalue weighted by Gasteiger charge is -2.01. The van der Waals surface area contributed by atoms with Crippen LogP contribution in [0.2, 0.25) is 10.0 Å². The van der Waals surface area contributed by atoms with E-state index in [2.05, 4.69) is 20.7 Å². The second-order valence-electron chi connectivity index (χ2n) is 4.61. The average molecular weight is 341 g/mol. The van der Waals surface area contributed by atoms with Crippen molar-refractivity contribution >= 4 is 35.3 Å². The van der Waals surface area contributed by atoms with E-state index < -0.39 is 0 Å². The summed E-state index contributed by atoms with van der Waals surface area (Å²) in [5.74, 6) is -0.306. The third-order valence-corrected chi connectivity index (χ3v) is 3.73. The van der Waals surface area contributed by atoms with Gasteiger partial charge in [-0.25, -0.2) is 5.43 Å². The molecule has 0 fully saturated rings. The van der Waals surface area contributed by atoms with Gasteiger partial charge in [0.25, 0.3) is 5.56 Å². The molecule has 0 aliphatic heterocycles. The Morgan fingerprint density at radius 1 is 1.32 bits per heavy atom. The van der Waals surface area contributed by atoms with Crippen molar-refractivity contribution < 1.29 is 4.79 Å². The lowest BCUT2D eigenvalue weighted by molar-refractivity contribution is -0.121. The molecule has 1 aromatic heterocycles. The number of halogens is 2. The first-order chi connectivity index (χ1) is 10.5. The van der Waals surface area contributed by atoms with E-state index in [4.69, 9.17) is 23.2 Å². The zero-order valence-corrected chi connectivity index (χ0v) is 13.3. The van der Waals surface area contributed by atoms with Crippen molar-refractivity contribution in [2.45, 2.75) is 19.8 Å². The van der Waals surface area contributed by atoms with E-state index in [9.17, 15) is 9.59 Å². The highest BCUT2D eigenvalue weighted by Crippen LogP contribution is 2.21. The fourth-order valence-electron chi connectivity index (χ4n) is 1.87. The van der Waals surface area contributed by atoms with Crippen molar-refractivity contribution in [1.82, 2.24) is 15.6 Å². The molecule has 0 bridgehead atoms. The Morgan fingerprint density at radius 3 is 2.59 bits per heavy atom. The molecule has 6 nitrogen and oxygen atoms in total. The maximum atomic E-state index is 11.7. The lowest BCUT2D eigenvalue weighted by Crippen LogP contribution is -2.19. The summed E-state index contributed by atoms with van der Waals surface area (Å²) in [6.45, 7) is 1.77. The van der Waals surface area contributed by atoms with Crippen LogP contribution in [0.15, 0.2) is 28.1 Å². The van der Waals surface area contributed by atoms with Crippen molar-refractivity contribution in [1.29, 1.82) is 0 Å². The van der Waals surface area contributed by atoms with Crippen LogP contribution in [0.3, 0.4) is 0 Å². The number of hydrogen-bond acceptors (Lipinski definition) is 3. The van der Waals surface area contributed by atoms with Crippen molar-refractivity contribution in [3.63, 3.8) is 0 Å². The molecule has 0 atom stereocenters. The molecule has 0 radical (unpaired) electrons. The van der Waals surface area contributed by atoms with Gasteiger partial charge in [-0.2, -0.15) is 5.10 Å². The monoisotopic (exact) mass is 340 g/mol. The Hall–Kier alpha value is -2.05. The molecule has 1 aromatic carbocycles. The number of hydrazone groups is 1. The third-order valence-electron chi connectivity index (χ3n) is 3.07. The molecule has 0 saturated heterocycles. The predicted molar refractivity (Wildman–Crippen MR) is 86.7 cm³/mol. The molecule has 0 saturated carbocycles. The number of aromatic nitrogens is 2. The van der Waals surface area contributed by atoms with E-state index in [1.165, 1.54) is 6.21 Å². The van der Waals surface area contributed by atoms with E-state index in [0.29, 0.717) is 27.6 Å². The smallest absolute Gasteiger partial charge is 0.267 e. The summed E-state index contributed by atoms with van der Waals surface area (Å²) in [6, 6.07) is 5.08. The Balaban J connectivity index is 1.91. The minimum Gasteiger partial charge on any atom is -0.302 e. The van der Waals surface area contributed by atoms with Gasteiger partial charge in [0.05, 0.1) is 16.3 Å². The molecule has 116 valence electrons. The van der Waals surface area contributed by atoms with E-state index >= 15 is 0 Å². The van der Waals surface area contributed by atoms with Crippen LogP contribution >= 0.6 is 23.2 Å². The van der Waals surface area contributed by atoms with Crippen molar-refractivity contribution in [2.75, 3.05) is 0 Å². The highest BCUT2D eigenvalue weighted by atomic mass is 35.5. The Morgan fingerprint density at radius 2 is 2.00 bits per heavy atom. The minimum absolute atomic E-state index is 0.148. The minimum atomic E-state index is -0.306. The van der Waals surface area contributed by atoms with Gasteiger partial charge in [0.2, 0.25) is 5.91 Å². The highest BCUT2D eigenvalue weighted by molar-refractivity contribution is 6.38. The predicted octanol–water partition coefficient (Wildman–Crippen LogP) is 2.40. The van der Waals surface area contributed by atoms with Crippen LogP contribution in [-0.2, 0) is 11.2 Å². The number of nitrogens with zero attached hydrogens (tertiary/aromatic N) is 1. The quantitative estimate of drug-likeness (QED) is 0.576. The molecule has 0 unspecified atom stereocenters. The number of H-pyrrole nitrogens is 2. The van der Waals surface area contributed by atoms with Gasteiger partial charge in [-0.05, 0) is 25.5 Å². The second kappa shape index (κ2) is 7.29. The van der Waals surface area contributed by atoms with Crippen molar-refractivity contribution in [3.8, 4) is 0 Å². The summed E-state index contributed by atoms with van der Waals surface area (Å²) in [5, 5.41) is 9.89.